The Morgan fingerprint density at radius 1 is 1.25 bits per heavy atom. The van der Waals surface area contributed by atoms with Crippen molar-refractivity contribution in [3.63, 3.8) is 0 Å². The summed E-state index contributed by atoms with van der Waals surface area (Å²) in [5.41, 5.74) is 8.33. The first kappa shape index (κ1) is 13.4. The number of nitrogens with zero attached hydrogens (tertiary/aromatic N) is 1. The maximum absolute atomic E-state index is 6.22. The van der Waals surface area contributed by atoms with Gasteiger partial charge in [0.1, 0.15) is 0 Å². The van der Waals surface area contributed by atoms with E-state index in [1.807, 2.05) is 0 Å². The van der Waals surface area contributed by atoms with Crippen molar-refractivity contribution in [2.24, 2.45) is 0 Å². The Kier molecular flexibility index (Phi) is 3.90. The summed E-state index contributed by atoms with van der Waals surface area (Å²) >= 11 is 0. The third kappa shape index (κ3) is 2.94. The summed E-state index contributed by atoms with van der Waals surface area (Å²) in [6.07, 6.45) is 1.40. The van der Waals surface area contributed by atoms with Crippen LogP contribution in [-0.2, 0) is 11.3 Å². The molecule has 1 saturated heterocycles. The lowest BCUT2D eigenvalue weighted by atomic mass is 10.0. The summed E-state index contributed by atoms with van der Waals surface area (Å²) < 4.78 is 5.70. The van der Waals surface area contributed by atoms with Gasteiger partial charge in [-0.3, -0.25) is 4.90 Å². The molecule has 3 nitrogen and oxygen atoms in total. The third-order valence-electron chi connectivity index (χ3n) is 3.94. The zero-order valence-corrected chi connectivity index (χ0v) is 12.0. The number of nitrogen functional groups attached to an aromatic ring is 1. The van der Waals surface area contributed by atoms with Crippen LogP contribution < -0.4 is 5.73 Å². The molecule has 3 rings (SSSR count). The fourth-order valence-electron chi connectivity index (χ4n) is 2.91. The Morgan fingerprint density at radius 2 is 2.00 bits per heavy atom. The molecule has 106 valence electrons. The highest BCUT2D eigenvalue weighted by Crippen LogP contribution is 2.23. The molecule has 1 aliphatic heterocycles. The van der Waals surface area contributed by atoms with Gasteiger partial charge in [0.15, 0.2) is 0 Å². The van der Waals surface area contributed by atoms with Crippen molar-refractivity contribution < 1.29 is 4.74 Å². The van der Waals surface area contributed by atoms with Crippen molar-refractivity contribution in [3.05, 3.63) is 42.0 Å². The molecular formula is C17H22N2O. The molecule has 1 unspecified atom stereocenters. The molecule has 0 saturated carbocycles. The second kappa shape index (κ2) is 5.81. The van der Waals surface area contributed by atoms with E-state index in [9.17, 15) is 0 Å². The SMILES string of the molecule is CC1CN(Cc2cc3ccccc3cc2N)CCCO1. The number of hydrogen-bond donors (Lipinski definition) is 1. The smallest absolute Gasteiger partial charge is 0.0674 e. The average molecular weight is 270 g/mol. The zero-order valence-electron chi connectivity index (χ0n) is 12.0. The Balaban J connectivity index is 1.84. The first-order valence-corrected chi connectivity index (χ1v) is 7.33. The standard InChI is InChI=1S/C17H22N2O/c1-13-11-19(7-4-8-20-13)12-16-9-14-5-2-3-6-15(14)10-17(16)18/h2-3,5-6,9-10,13H,4,7-8,11-12,18H2,1H3. The van der Waals surface area contributed by atoms with Crippen LogP contribution >= 0.6 is 0 Å². The van der Waals surface area contributed by atoms with Crippen LogP contribution in [0.5, 0.6) is 0 Å². The van der Waals surface area contributed by atoms with Gasteiger partial charge < -0.3 is 10.5 Å². The van der Waals surface area contributed by atoms with E-state index >= 15 is 0 Å². The van der Waals surface area contributed by atoms with Crippen molar-refractivity contribution in [2.45, 2.75) is 26.0 Å². The van der Waals surface area contributed by atoms with Crippen LogP contribution in [0, 0.1) is 0 Å². The van der Waals surface area contributed by atoms with E-state index in [4.69, 9.17) is 10.5 Å². The van der Waals surface area contributed by atoms with E-state index in [0.717, 1.165) is 38.3 Å². The minimum absolute atomic E-state index is 0.305. The lowest BCUT2D eigenvalue weighted by Gasteiger charge is -2.22. The van der Waals surface area contributed by atoms with Crippen molar-refractivity contribution in [1.82, 2.24) is 4.90 Å². The molecule has 0 aromatic heterocycles. The first-order valence-electron chi connectivity index (χ1n) is 7.33. The molecule has 2 N–H and O–H groups in total. The molecule has 1 fully saturated rings. The minimum atomic E-state index is 0.305. The van der Waals surface area contributed by atoms with Gasteiger partial charge in [0.25, 0.3) is 0 Å². The molecule has 2 aromatic rings. The molecule has 2 aromatic carbocycles. The van der Waals surface area contributed by atoms with E-state index in [0.29, 0.717) is 6.10 Å². The summed E-state index contributed by atoms with van der Waals surface area (Å²) in [5, 5.41) is 2.47. The summed E-state index contributed by atoms with van der Waals surface area (Å²) in [6.45, 7) is 5.97. The first-order chi connectivity index (χ1) is 9.72. The topological polar surface area (TPSA) is 38.5 Å². The van der Waals surface area contributed by atoms with Gasteiger partial charge in [0, 0.05) is 31.9 Å². The van der Waals surface area contributed by atoms with Gasteiger partial charge in [-0.15, -0.1) is 0 Å². The predicted molar refractivity (Wildman–Crippen MR) is 83.7 cm³/mol. The van der Waals surface area contributed by atoms with Crippen LogP contribution in [0.1, 0.15) is 18.9 Å². The van der Waals surface area contributed by atoms with Gasteiger partial charge in [0.05, 0.1) is 6.10 Å². The van der Waals surface area contributed by atoms with Crippen molar-refractivity contribution in [2.75, 3.05) is 25.4 Å². The molecule has 0 amide bonds. The van der Waals surface area contributed by atoms with E-state index in [1.54, 1.807) is 0 Å². The van der Waals surface area contributed by atoms with Gasteiger partial charge in [0.2, 0.25) is 0 Å². The molecular weight excluding hydrogens is 248 g/mol. The quantitative estimate of drug-likeness (QED) is 0.852. The molecule has 0 radical (unpaired) electrons. The Bertz CT molecular complexity index is 597. The van der Waals surface area contributed by atoms with E-state index in [2.05, 4.69) is 48.2 Å². The normalized spacial score (nSPS) is 20.9. The molecule has 0 aliphatic carbocycles. The molecule has 0 bridgehead atoms. The number of nitrogens with two attached hydrogens (primary N) is 1. The number of ether oxygens (including phenoxy) is 1. The summed E-state index contributed by atoms with van der Waals surface area (Å²) in [6, 6.07) is 12.7. The Morgan fingerprint density at radius 3 is 2.80 bits per heavy atom. The van der Waals surface area contributed by atoms with Crippen LogP contribution in [-0.4, -0.2) is 30.7 Å². The second-order valence-electron chi connectivity index (χ2n) is 5.67. The van der Waals surface area contributed by atoms with E-state index in [1.165, 1.54) is 16.3 Å². The third-order valence-corrected chi connectivity index (χ3v) is 3.94. The fourth-order valence-corrected chi connectivity index (χ4v) is 2.91. The molecule has 1 atom stereocenters. The minimum Gasteiger partial charge on any atom is -0.398 e. The predicted octanol–water partition coefficient (Wildman–Crippen LogP) is 3.03. The van der Waals surface area contributed by atoms with Crippen LogP contribution in [0.4, 0.5) is 5.69 Å². The van der Waals surface area contributed by atoms with Gasteiger partial charge >= 0.3 is 0 Å². The number of fused-ring (bicyclic) bond motifs is 1. The molecule has 1 heterocycles. The number of anilines is 1. The molecule has 0 spiro atoms. The number of benzene rings is 2. The van der Waals surface area contributed by atoms with Gasteiger partial charge in [-0.1, -0.05) is 24.3 Å². The van der Waals surface area contributed by atoms with Gasteiger partial charge in [-0.05, 0) is 41.8 Å². The number of hydrogen-bond acceptors (Lipinski definition) is 3. The summed E-state index contributed by atoms with van der Waals surface area (Å²) in [7, 11) is 0. The fraction of sp³-hybridized carbons (Fsp3) is 0.412. The van der Waals surface area contributed by atoms with E-state index < -0.39 is 0 Å². The zero-order chi connectivity index (χ0) is 13.9. The maximum Gasteiger partial charge on any atom is 0.0674 e. The van der Waals surface area contributed by atoms with Crippen LogP contribution in [0.25, 0.3) is 10.8 Å². The Labute approximate surface area is 120 Å². The summed E-state index contributed by atoms with van der Waals surface area (Å²) in [4.78, 5) is 2.44. The maximum atomic E-state index is 6.22. The van der Waals surface area contributed by atoms with Crippen LogP contribution in [0.2, 0.25) is 0 Å². The highest BCUT2D eigenvalue weighted by molar-refractivity contribution is 5.86. The highest BCUT2D eigenvalue weighted by Gasteiger charge is 2.16. The molecule has 20 heavy (non-hydrogen) atoms. The van der Waals surface area contributed by atoms with E-state index in [-0.39, 0.29) is 0 Å². The van der Waals surface area contributed by atoms with Crippen molar-refractivity contribution in [3.8, 4) is 0 Å². The van der Waals surface area contributed by atoms with Crippen LogP contribution in [0.15, 0.2) is 36.4 Å². The molecule has 1 aliphatic rings. The van der Waals surface area contributed by atoms with Crippen molar-refractivity contribution >= 4 is 16.5 Å². The van der Waals surface area contributed by atoms with Crippen LogP contribution in [0.3, 0.4) is 0 Å². The molecule has 3 heteroatoms. The number of rotatable bonds is 2. The van der Waals surface area contributed by atoms with Gasteiger partial charge in [-0.2, -0.15) is 0 Å². The van der Waals surface area contributed by atoms with Gasteiger partial charge in [-0.25, -0.2) is 0 Å². The lowest BCUT2D eigenvalue weighted by Crippen LogP contribution is -2.30. The lowest BCUT2D eigenvalue weighted by molar-refractivity contribution is 0.0668. The second-order valence-corrected chi connectivity index (χ2v) is 5.67. The average Bonchev–Trinajstić information content (AvgIpc) is 2.64. The Hall–Kier alpha value is -1.58. The summed E-state index contributed by atoms with van der Waals surface area (Å²) in [5.74, 6) is 0. The highest BCUT2D eigenvalue weighted by atomic mass is 16.5. The van der Waals surface area contributed by atoms with Crippen molar-refractivity contribution in [1.29, 1.82) is 0 Å². The monoisotopic (exact) mass is 270 g/mol. The largest absolute Gasteiger partial charge is 0.398 e.